The maximum absolute atomic E-state index is 13.3. The molecule has 0 heterocycles. The van der Waals surface area contributed by atoms with Gasteiger partial charge < -0.3 is 0 Å². The third kappa shape index (κ3) is 3.16. The van der Waals surface area contributed by atoms with Crippen LogP contribution in [0.2, 0.25) is 0 Å². The Morgan fingerprint density at radius 1 is 1.05 bits per heavy atom. The van der Waals surface area contributed by atoms with Crippen LogP contribution >= 0.6 is 11.6 Å². The van der Waals surface area contributed by atoms with Gasteiger partial charge in [-0.3, -0.25) is 0 Å². The Morgan fingerprint density at radius 2 is 1.74 bits per heavy atom. The van der Waals surface area contributed by atoms with Gasteiger partial charge in [0.05, 0.1) is 5.38 Å². The van der Waals surface area contributed by atoms with E-state index < -0.39 is 0 Å². The average molecular weight is 277 g/mol. The number of hydrogen-bond acceptors (Lipinski definition) is 0. The van der Waals surface area contributed by atoms with Crippen molar-refractivity contribution in [3.05, 3.63) is 71.0 Å². The standard InChI is InChI=1S/C17H18ClF/c1-3-15(13-7-5-4-6-8-13)17(18)14-9-10-16(19)12(2)11-14/h4-11,15,17H,3H2,1-2H3. The Balaban J connectivity index is 2.30. The van der Waals surface area contributed by atoms with E-state index in [1.54, 1.807) is 13.0 Å². The van der Waals surface area contributed by atoms with Crippen molar-refractivity contribution >= 4 is 11.6 Å². The van der Waals surface area contributed by atoms with E-state index >= 15 is 0 Å². The van der Waals surface area contributed by atoms with Crippen molar-refractivity contribution in [2.45, 2.75) is 31.6 Å². The molecule has 0 amide bonds. The lowest BCUT2D eigenvalue weighted by Crippen LogP contribution is -2.06. The molecule has 0 nitrogen and oxygen atoms in total. The van der Waals surface area contributed by atoms with Crippen LogP contribution in [0.4, 0.5) is 4.39 Å². The van der Waals surface area contributed by atoms with Crippen molar-refractivity contribution in [2.75, 3.05) is 0 Å². The quantitative estimate of drug-likeness (QED) is 0.637. The van der Waals surface area contributed by atoms with E-state index in [1.165, 1.54) is 11.6 Å². The molecule has 2 unspecified atom stereocenters. The molecule has 0 bridgehead atoms. The van der Waals surface area contributed by atoms with Crippen LogP contribution in [0.3, 0.4) is 0 Å². The van der Waals surface area contributed by atoms with Crippen molar-refractivity contribution in [1.82, 2.24) is 0 Å². The van der Waals surface area contributed by atoms with Crippen molar-refractivity contribution in [3.8, 4) is 0 Å². The third-order valence-corrected chi connectivity index (χ3v) is 4.08. The Hall–Kier alpha value is -1.34. The van der Waals surface area contributed by atoms with Gasteiger partial charge in [0.1, 0.15) is 5.82 Å². The normalized spacial score (nSPS) is 14.1. The van der Waals surface area contributed by atoms with Gasteiger partial charge in [-0.25, -0.2) is 4.39 Å². The molecule has 0 aliphatic rings. The number of benzene rings is 2. The highest BCUT2D eigenvalue weighted by Gasteiger charge is 2.21. The summed E-state index contributed by atoms with van der Waals surface area (Å²) in [5.41, 5.74) is 2.86. The fourth-order valence-corrected chi connectivity index (χ4v) is 2.84. The summed E-state index contributed by atoms with van der Waals surface area (Å²) < 4.78 is 13.3. The summed E-state index contributed by atoms with van der Waals surface area (Å²) in [6.45, 7) is 3.90. The molecule has 2 atom stereocenters. The minimum atomic E-state index is -0.180. The molecule has 2 rings (SSSR count). The first-order valence-electron chi connectivity index (χ1n) is 6.58. The summed E-state index contributed by atoms with van der Waals surface area (Å²) in [5, 5.41) is -0.133. The first-order valence-corrected chi connectivity index (χ1v) is 7.02. The van der Waals surface area contributed by atoms with Crippen LogP contribution in [0.1, 0.15) is 41.3 Å². The summed E-state index contributed by atoms with van der Waals surface area (Å²) in [6.07, 6.45) is 0.953. The maximum Gasteiger partial charge on any atom is 0.126 e. The zero-order chi connectivity index (χ0) is 13.8. The summed E-state index contributed by atoms with van der Waals surface area (Å²) in [4.78, 5) is 0. The van der Waals surface area contributed by atoms with E-state index in [0.29, 0.717) is 5.56 Å². The monoisotopic (exact) mass is 276 g/mol. The summed E-state index contributed by atoms with van der Waals surface area (Å²) in [5.74, 6) is 0.0631. The van der Waals surface area contributed by atoms with E-state index in [4.69, 9.17) is 11.6 Å². The first-order chi connectivity index (χ1) is 9.13. The van der Waals surface area contributed by atoms with Gasteiger partial charge in [0.15, 0.2) is 0 Å². The summed E-state index contributed by atoms with van der Waals surface area (Å²) in [6, 6.07) is 15.4. The Labute approximate surface area is 119 Å². The van der Waals surface area contributed by atoms with Crippen molar-refractivity contribution < 1.29 is 4.39 Å². The fourth-order valence-electron chi connectivity index (χ4n) is 2.38. The number of halogens is 2. The lowest BCUT2D eigenvalue weighted by atomic mass is 9.89. The largest absolute Gasteiger partial charge is 0.207 e. The van der Waals surface area contributed by atoms with E-state index in [-0.39, 0.29) is 17.1 Å². The second-order valence-corrected chi connectivity index (χ2v) is 5.31. The predicted octanol–water partition coefficient (Wildman–Crippen LogP) is 5.61. The van der Waals surface area contributed by atoms with Crippen molar-refractivity contribution in [2.24, 2.45) is 0 Å². The molecule has 0 saturated carbocycles. The summed E-state index contributed by atoms with van der Waals surface area (Å²) >= 11 is 6.61. The van der Waals surface area contributed by atoms with E-state index in [2.05, 4.69) is 19.1 Å². The second kappa shape index (κ2) is 6.21. The molecule has 19 heavy (non-hydrogen) atoms. The predicted molar refractivity (Wildman–Crippen MR) is 79.2 cm³/mol. The highest BCUT2D eigenvalue weighted by atomic mass is 35.5. The lowest BCUT2D eigenvalue weighted by molar-refractivity contribution is 0.611. The van der Waals surface area contributed by atoms with E-state index in [0.717, 1.165) is 12.0 Å². The van der Waals surface area contributed by atoms with Gasteiger partial charge in [-0.1, -0.05) is 49.4 Å². The van der Waals surface area contributed by atoms with E-state index in [1.807, 2.05) is 24.3 Å². The Kier molecular flexibility index (Phi) is 4.60. The van der Waals surface area contributed by atoms with Crippen LogP contribution in [0, 0.1) is 12.7 Å². The molecule has 0 N–H and O–H groups in total. The first kappa shape index (κ1) is 14.1. The molecule has 0 saturated heterocycles. The van der Waals surface area contributed by atoms with Gasteiger partial charge >= 0.3 is 0 Å². The van der Waals surface area contributed by atoms with Crippen LogP contribution in [0.25, 0.3) is 0 Å². The summed E-state index contributed by atoms with van der Waals surface area (Å²) in [7, 11) is 0. The molecule has 2 aromatic rings. The molecule has 0 aromatic heterocycles. The van der Waals surface area contributed by atoms with Crippen LogP contribution < -0.4 is 0 Å². The van der Waals surface area contributed by atoms with Gasteiger partial charge in [0.25, 0.3) is 0 Å². The molecule has 0 spiro atoms. The van der Waals surface area contributed by atoms with Crippen LogP contribution in [0.5, 0.6) is 0 Å². The minimum Gasteiger partial charge on any atom is -0.207 e. The smallest absolute Gasteiger partial charge is 0.126 e. The molecular weight excluding hydrogens is 259 g/mol. The van der Waals surface area contributed by atoms with E-state index in [9.17, 15) is 4.39 Å². The lowest BCUT2D eigenvalue weighted by Gasteiger charge is -2.22. The SMILES string of the molecule is CCC(c1ccccc1)C(Cl)c1ccc(F)c(C)c1. The van der Waals surface area contributed by atoms with Gasteiger partial charge in [0.2, 0.25) is 0 Å². The molecule has 0 fully saturated rings. The average Bonchev–Trinajstić information content (AvgIpc) is 2.44. The molecule has 2 aromatic carbocycles. The number of rotatable bonds is 4. The highest BCUT2D eigenvalue weighted by molar-refractivity contribution is 6.21. The molecule has 100 valence electrons. The van der Waals surface area contributed by atoms with Crippen molar-refractivity contribution in [1.29, 1.82) is 0 Å². The molecule has 0 aliphatic heterocycles. The maximum atomic E-state index is 13.3. The topological polar surface area (TPSA) is 0 Å². The zero-order valence-electron chi connectivity index (χ0n) is 11.2. The zero-order valence-corrected chi connectivity index (χ0v) is 12.0. The number of alkyl halides is 1. The van der Waals surface area contributed by atoms with Gasteiger partial charge in [0, 0.05) is 5.92 Å². The molecule has 0 aliphatic carbocycles. The third-order valence-electron chi connectivity index (χ3n) is 3.52. The molecule has 0 radical (unpaired) electrons. The second-order valence-electron chi connectivity index (χ2n) is 4.84. The van der Waals surface area contributed by atoms with Crippen LogP contribution in [0.15, 0.2) is 48.5 Å². The number of aryl methyl sites for hydroxylation is 1. The van der Waals surface area contributed by atoms with Gasteiger partial charge in [-0.2, -0.15) is 0 Å². The van der Waals surface area contributed by atoms with Crippen LogP contribution in [-0.4, -0.2) is 0 Å². The minimum absolute atomic E-state index is 0.133. The molecular formula is C17H18ClF. The van der Waals surface area contributed by atoms with Gasteiger partial charge in [-0.05, 0) is 36.1 Å². The Morgan fingerprint density at radius 3 is 2.32 bits per heavy atom. The number of hydrogen-bond donors (Lipinski definition) is 0. The fraction of sp³-hybridized carbons (Fsp3) is 0.294. The highest BCUT2D eigenvalue weighted by Crippen LogP contribution is 2.38. The van der Waals surface area contributed by atoms with Gasteiger partial charge in [-0.15, -0.1) is 11.6 Å². The Bertz CT molecular complexity index is 536. The van der Waals surface area contributed by atoms with Crippen molar-refractivity contribution in [3.63, 3.8) is 0 Å². The molecule has 2 heteroatoms. The van der Waals surface area contributed by atoms with Crippen LogP contribution in [-0.2, 0) is 0 Å².